The van der Waals surface area contributed by atoms with Gasteiger partial charge in [-0.3, -0.25) is 0 Å². The van der Waals surface area contributed by atoms with Crippen molar-refractivity contribution < 1.29 is 78.9 Å². The molecule has 4 nitrogen and oxygen atoms in total. The number of carbonyl (C=O) groups is 2. The third-order valence-electron chi connectivity index (χ3n) is 0.267. The van der Waals surface area contributed by atoms with Crippen LogP contribution >= 0.6 is 0 Å². The molecule has 0 fully saturated rings. The molecule has 0 aliphatic rings. The van der Waals surface area contributed by atoms with Gasteiger partial charge in [0.2, 0.25) is 0 Å². The van der Waals surface area contributed by atoms with Crippen molar-refractivity contribution in [1.29, 1.82) is 0 Å². The zero-order chi connectivity index (χ0) is 6.57. The van der Waals surface area contributed by atoms with Gasteiger partial charge in [-0.1, -0.05) is 0 Å². The Hall–Kier alpha value is 0.500. The summed E-state index contributed by atoms with van der Waals surface area (Å²) in [6.45, 7) is 0. The van der Waals surface area contributed by atoms with Crippen LogP contribution in [-0.4, -0.2) is 11.9 Å². The van der Waals surface area contributed by atoms with Crippen LogP contribution in [0.1, 0.15) is 0 Å². The molecule has 0 saturated heterocycles. The van der Waals surface area contributed by atoms with Gasteiger partial charge < -0.3 is 19.8 Å². The minimum Gasteiger partial charge on any atom is -0.537 e. The molecule has 10 heavy (non-hydrogen) atoms. The number of carbonyl (C=O) groups excluding carboxylic acids is 2. The molecule has 0 amide bonds. The molecular formula is C4Na2O4. The molecule has 0 aromatic rings. The average molecular weight is 159 g/mol. The normalized spacial score (nSPS) is 5.20. The molecule has 0 unspecified atom stereocenters. The van der Waals surface area contributed by atoms with Crippen molar-refractivity contribution in [3.05, 3.63) is 0 Å². The third kappa shape index (κ3) is 15.8. The van der Waals surface area contributed by atoms with Gasteiger partial charge in [0.05, 0.1) is 0 Å². The summed E-state index contributed by atoms with van der Waals surface area (Å²) in [5, 5.41) is 18.7. The maximum Gasteiger partial charge on any atom is 1.00 e. The van der Waals surface area contributed by atoms with E-state index in [4.69, 9.17) is 0 Å². The van der Waals surface area contributed by atoms with Crippen molar-refractivity contribution in [2.24, 2.45) is 0 Å². The SMILES string of the molecule is O=C([O-])C#C[13C](=O)[O-].[Na+].[Na+]. The van der Waals surface area contributed by atoms with Crippen LogP contribution in [0.15, 0.2) is 0 Å². The first kappa shape index (κ1) is 16.8. The van der Waals surface area contributed by atoms with Gasteiger partial charge in [-0.05, 0) is 11.8 Å². The number of carboxylic acids is 2. The van der Waals surface area contributed by atoms with E-state index in [1.54, 1.807) is 0 Å². The largest absolute Gasteiger partial charge is 1.00 e. The summed E-state index contributed by atoms with van der Waals surface area (Å²) in [6, 6.07) is 0. The minimum absolute atomic E-state index is 0. The van der Waals surface area contributed by atoms with E-state index in [1.807, 2.05) is 0 Å². The molecule has 0 spiro atoms. The summed E-state index contributed by atoms with van der Waals surface area (Å²) in [5.41, 5.74) is 0. The Kier molecular flexibility index (Phi) is 16.0. The zero-order valence-corrected chi connectivity index (χ0v) is 9.63. The Balaban J connectivity index is -0.000000245. The minimum atomic E-state index is -1.73. The van der Waals surface area contributed by atoms with Crippen molar-refractivity contribution >= 4 is 11.9 Å². The first-order valence-electron chi connectivity index (χ1n) is 1.57. The molecule has 0 radical (unpaired) electrons. The van der Waals surface area contributed by atoms with Crippen LogP contribution in [0.3, 0.4) is 0 Å². The molecule has 0 atom stereocenters. The molecule has 0 N–H and O–H groups in total. The average Bonchev–Trinajstić information content (AvgIpc) is 1.61. The van der Waals surface area contributed by atoms with Gasteiger partial charge in [0.1, 0.15) is 11.9 Å². The van der Waals surface area contributed by atoms with Crippen LogP contribution in [-0.2, 0) is 9.59 Å². The van der Waals surface area contributed by atoms with Crippen molar-refractivity contribution in [1.82, 2.24) is 0 Å². The van der Waals surface area contributed by atoms with Gasteiger partial charge >= 0.3 is 59.1 Å². The summed E-state index contributed by atoms with van der Waals surface area (Å²) in [7, 11) is 0. The molecule has 0 rings (SSSR count). The number of hydrogen-bond acceptors (Lipinski definition) is 4. The summed E-state index contributed by atoms with van der Waals surface area (Å²) in [6.07, 6.45) is 0. The first-order valence-corrected chi connectivity index (χ1v) is 1.57. The fourth-order valence-corrected chi connectivity index (χ4v) is 0.102. The second-order valence-electron chi connectivity index (χ2n) is 0.825. The predicted octanol–water partition coefficient (Wildman–Crippen LogP) is -9.50. The molecular weight excluding hydrogens is 159 g/mol. The zero-order valence-electron chi connectivity index (χ0n) is 5.63. The van der Waals surface area contributed by atoms with Gasteiger partial charge in [-0.2, -0.15) is 0 Å². The van der Waals surface area contributed by atoms with Crippen molar-refractivity contribution in [3.63, 3.8) is 0 Å². The van der Waals surface area contributed by atoms with E-state index in [9.17, 15) is 19.8 Å². The number of carboxylic acid groups (broad SMARTS) is 2. The fourth-order valence-electron chi connectivity index (χ4n) is 0.102. The summed E-state index contributed by atoms with van der Waals surface area (Å²) < 4.78 is 0. The van der Waals surface area contributed by atoms with Crippen LogP contribution in [0.5, 0.6) is 0 Å². The van der Waals surface area contributed by atoms with E-state index in [2.05, 4.69) is 0 Å². The van der Waals surface area contributed by atoms with Gasteiger partial charge in [-0.25, -0.2) is 0 Å². The van der Waals surface area contributed by atoms with Crippen molar-refractivity contribution in [2.75, 3.05) is 0 Å². The molecule has 0 aliphatic heterocycles. The summed E-state index contributed by atoms with van der Waals surface area (Å²) in [4.78, 5) is 18.7. The monoisotopic (exact) mass is 159 g/mol. The van der Waals surface area contributed by atoms with E-state index in [0.29, 0.717) is 0 Å². The first-order chi connectivity index (χ1) is 3.63. The van der Waals surface area contributed by atoms with Crippen LogP contribution < -0.4 is 69.3 Å². The Morgan fingerprint density at radius 2 is 1.10 bits per heavy atom. The number of hydrogen-bond donors (Lipinski definition) is 0. The second kappa shape index (κ2) is 9.50. The van der Waals surface area contributed by atoms with Gasteiger partial charge in [0.25, 0.3) is 0 Å². The number of aliphatic carboxylic acids is 2. The molecule has 0 saturated carbocycles. The van der Waals surface area contributed by atoms with E-state index in [1.165, 1.54) is 11.8 Å². The Labute approximate surface area is 102 Å². The topological polar surface area (TPSA) is 80.3 Å². The molecule has 0 bridgehead atoms. The maximum atomic E-state index is 9.33. The molecule has 6 heteroatoms. The maximum absolute atomic E-state index is 9.33. The van der Waals surface area contributed by atoms with E-state index < -0.39 is 11.9 Å². The fraction of sp³-hybridized carbons (Fsp3) is 0. The summed E-state index contributed by atoms with van der Waals surface area (Å²) in [5.74, 6) is -0.978. The molecule has 0 heterocycles. The quantitative estimate of drug-likeness (QED) is 0.199. The predicted molar refractivity (Wildman–Crippen MR) is 17.8 cm³/mol. The van der Waals surface area contributed by atoms with Crippen LogP contribution in [0, 0.1) is 11.8 Å². The van der Waals surface area contributed by atoms with Crippen molar-refractivity contribution in [3.8, 4) is 11.8 Å². The molecule has 0 aliphatic carbocycles. The second-order valence-corrected chi connectivity index (χ2v) is 0.825. The Morgan fingerprint density at radius 3 is 1.20 bits per heavy atom. The molecule has 0 aromatic heterocycles. The third-order valence-corrected chi connectivity index (χ3v) is 0.267. The standard InChI is InChI=1S/C4H2O4.2Na/c5-3(6)1-2-4(7)8;;/h(H,5,6)(H,7,8);;/q;2*+1/p-2/i3+1;;. The Bertz CT molecular complexity index is 159. The van der Waals surface area contributed by atoms with Crippen LogP contribution in [0.2, 0.25) is 0 Å². The van der Waals surface area contributed by atoms with E-state index in [0.717, 1.165) is 0 Å². The van der Waals surface area contributed by atoms with E-state index >= 15 is 0 Å². The number of rotatable bonds is 0. The molecule has 0 aromatic carbocycles. The van der Waals surface area contributed by atoms with E-state index in [-0.39, 0.29) is 59.1 Å². The van der Waals surface area contributed by atoms with Gasteiger partial charge in [-0.15, -0.1) is 0 Å². The Morgan fingerprint density at radius 1 is 0.900 bits per heavy atom. The molecule has 42 valence electrons. The van der Waals surface area contributed by atoms with Crippen LogP contribution in [0.25, 0.3) is 0 Å². The van der Waals surface area contributed by atoms with Crippen LogP contribution in [0.4, 0.5) is 0 Å². The van der Waals surface area contributed by atoms with Gasteiger partial charge in [0, 0.05) is 0 Å². The van der Waals surface area contributed by atoms with Gasteiger partial charge in [0.15, 0.2) is 0 Å². The summed E-state index contributed by atoms with van der Waals surface area (Å²) >= 11 is 0. The van der Waals surface area contributed by atoms with Crippen molar-refractivity contribution in [2.45, 2.75) is 0 Å². The smallest absolute Gasteiger partial charge is 0.537 e.